The van der Waals surface area contributed by atoms with Crippen LogP contribution in [0.15, 0.2) is 42.2 Å². The molecule has 0 radical (unpaired) electrons. The van der Waals surface area contributed by atoms with Gasteiger partial charge in [-0.05, 0) is 29.8 Å². The van der Waals surface area contributed by atoms with E-state index in [4.69, 9.17) is 16.2 Å². The summed E-state index contributed by atoms with van der Waals surface area (Å²) in [6.45, 7) is 0. The topological polar surface area (TPSA) is 112 Å². The minimum atomic E-state index is -0.677. The maximum Gasteiger partial charge on any atom is 0.315 e. The average molecular weight is 272 g/mol. The van der Waals surface area contributed by atoms with Crippen molar-refractivity contribution in [2.75, 3.05) is 11.5 Å². The Morgan fingerprint density at radius 1 is 1.15 bits per heavy atom. The third-order valence-corrected chi connectivity index (χ3v) is 2.64. The summed E-state index contributed by atoms with van der Waals surface area (Å²) in [6, 6.07) is 4.74. The smallest absolute Gasteiger partial charge is 0.315 e. The molecule has 1 aliphatic carbocycles. The lowest BCUT2D eigenvalue weighted by atomic mass is 10.1. The lowest BCUT2D eigenvalue weighted by Crippen LogP contribution is -2.16. The van der Waals surface area contributed by atoms with Crippen LogP contribution in [-0.4, -0.2) is 17.5 Å². The Morgan fingerprint density at radius 2 is 1.90 bits per heavy atom. The van der Waals surface area contributed by atoms with Gasteiger partial charge in [-0.25, -0.2) is 0 Å². The van der Waals surface area contributed by atoms with Gasteiger partial charge in [0.1, 0.15) is 0 Å². The van der Waals surface area contributed by atoms with Gasteiger partial charge < -0.3 is 16.2 Å². The van der Waals surface area contributed by atoms with E-state index in [-0.39, 0.29) is 12.2 Å². The van der Waals surface area contributed by atoms with E-state index in [1.54, 1.807) is 12.1 Å². The Labute approximate surface area is 114 Å². The quantitative estimate of drug-likeness (QED) is 0.471. The minimum Gasteiger partial charge on any atom is -0.422 e. The van der Waals surface area contributed by atoms with Gasteiger partial charge >= 0.3 is 5.97 Å². The molecule has 6 heteroatoms. The molecular formula is C14H12N2O4. The maximum absolute atomic E-state index is 11.7. The zero-order valence-electron chi connectivity index (χ0n) is 10.5. The molecular weight excluding hydrogens is 260 g/mol. The number of hydrogen-bond acceptors (Lipinski definition) is 6. The van der Waals surface area contributed by atoms with E-state index in [9.17, 15) is 14.4 Å². The molecule has 0 unspecified atom stereocenters. The second kappa shape index (κ2) is 5.40. The van der Waals surface area contributed by atoms with Crippen LogP contribution in [0.5, 0.6) is 0 Å². The number of esters is 1. The number of ether oxygens (including phenoxy) is 1. The van der Waals surface area contributed by atoms with Crippen molar-refractivity contribution in [2.24, 2.45) is 0 Å². The highest BCUT2D eigenvalue weighted by Gasteiger charge is 2.18. The normalized spacial score (nSPS) is 14.1. The van der Waals surface area contributed by atoms with Crippen LogP contribution in [0.25, 0.3) is 0 Å². The number of nitrogen functional groups attached to an aromatic ring is 2. The fourth-order valence-electron chi connectivity index (χ4n) is 1.66. The lowest BCUT2D eigenvalue weighted by Gasteiger charge is -2.09. The predicted octanol–water partition coefficient (Wildman–Crippen LogP) is 0.529. The first-order valence-electron chi connectivity index (χ1n) is 5.78. The van der Waals surface area contributed by atoms with Crippen LogP contribution in [0.3, 0.4) is 0 Å². The number of allylic oxidation sites excluding steroid dienone is 3. The third-order valence-electron chi connectivity index (χ3n) is 2.64. The van der Waals surface area contributed by atoms with Gasteiger partial charge in [0.2, 0.25) is 5.78 Å². The fourth-order valence-corrected chi connectivity index (χ4v) is 1.66. The summed E-state index contributed by atoms with van der Waals surface area (Å²) in [5.74, 6) is -1.89. The van der Waals surface area contributed by atoms with Crippen molar-refractivity contribution < 1.29 is 19.1 Å². The van der Waals surface area contributed by atoms with Crippen LogP contribution in [0, 0.1) is 0 Å². The third kappa shape index (κ3) is 3.11. The van der Waals surface area contributed by atoms with E-state index >= 15 is 0 Å². The molecule has 0 aliphatic heterocycles. The number of benzene rings is 1. The molecule has 0 saturated carbocycles. The molecule has 2 rings (SSSR count). The summed E-state index contributed by atoms with van der Waals surface area (Å²) in [4.78, 5) is 34.3. The largest absolute Gasteiger partial charge is 0.422 e. The number of hydrogen-bond donors (Lipinski definition) is 2. The van der Waals surface area contributed by atoms with Crippen LogP contribution < -0.4 is 11.5 Å². The summed E-state index contributed by atoms with van der Waals surface area (Å²) < 4.78 is 4.88. The average Bonchev–Trinajstić information content (AvgIpc) is 2.37. The van der Waals surface area contributed by atoms with Crippen molar-refractivity contribution >= 4 is 28.9 Å². The highest BCUT2D eigenvalue weighted by atomic mass is 16.5. The molecule has 102 valence electrons. The number of rotatable bonds is 3. The fraction of sp³-hybridized carbons (Fsp3) is 0.0714. The van der Waals surface area contributed by atoms with E-state index in [0.717, 1.165) is 18.2 Å². The lowest BCUT2D eigenvalue weighted by molar-refractivity contribution is -0.141. The number of ketones is 2. The first-order valence-corrected chi connectivity index (χ1v) is 5.78. The van der Waals surface area contributed by atoms with Crippen molar-refractivity contribution in [3.05, 3.63) is 47.7 Å². The van der Waals surface area contributed by atoms with E-state index in [2.05, 4.69) is 0 Å². The number of carbonyl (C=O) groups excluding carboxylic acids is 3. The summed E-state index contributed by atoms with van der Waals surface area (Å²) in [7, 11) is 0. The van der Waals surface area contributed by atoms with Crippen molar-refractivity contribution in [2.45, 2.75) is 6.42 Å². The molecule has 1 aromatic rings. The van der Waals surface area contributed by atoms with Crippen molar-refractivity contribution in [3.8, 4) is 0 Å². The first kappa shape index (κ1) is 13.5. The molecule has 0 bridgehead atoms. The highest BCUT2D eigenvalue weighted by Crippen LogP contribution is 2.17. The second-order valence-corrected chi connectivity index (χ2v) is 4.22. The Morgan fingerprint density at radius 3 is 2.60 bits per heavy atom. The SMILES string of the molecule is Nc1ccc(CC(=O)OC2=CC(=O)C=CC2=O)c(N)c1. The van der Waals surface area contributed by atoms with Crippen molar-refractivity contribution in [1.29, 1.82) is 0 Å². The number of nitrogens with two attached hydrogens (primary N) is 2. The minimum absolute atomic E-state index is 0.116. The number of anilines is 2. The highest BCUT2D eigenvalue weighted by molar-refractivity contribution is 6.16. The van der Waals surface area contributed by atoms with Gasteiger partial charge in [-0.2, -0.15) is 0 Å². The standard InChI is InChI=1S/C14H12N2O4/c15-9-2-1-8(11(16)6-9)5-14(19)20-13-7-10(17)3-4-12(13)18/h1-4,6-7H,5,15-16H2. The molecule has 20 heavy (non-hydrogen) atoms. The summed E-state index contributed by atoms with van der Waals surface area (Å²) in [5, 5.41) is 0. The molecule has 1 aromatic carbocycles. The zero-order valence-corrected chi connectivity index (χ0v) is 10.5. The molecule has 0 spiro atoms. The molecule has 0 fully saturated rings. The molecule has 0 amide bonds. The molecule has 6 nitrogen and oxygen atoms in total. The van der Waals surface area contributed by atoms with Crippen LogP contribution in [0.4, 0.5) is 11.4 Å². The van der Waals surface area contributed by atoms with E-state index in [1.165, 1.54) is 6.07 Å². The second-order valence-electron chi connectivity index (χ2n) is 4.22. The molecule has 0 aromatic heterocycles. The van der Waals surface area contributed by atoms with E-state index in [1.807, 2.05) is 0 Å². The Balaban J connectivity index is 2.06. The van der Waals surface area contributed by atoms with Gasteiger partial charge in [-0.1, -0.05) is 6.07 Å². The van der Waals surface area contributed by atoms with Gasteiger partial charge in [0.05, 0.1) is 6.42 Å². The molecule has 0 saturated heterocycles. The van der Waals surface area contributed by atoms with Crippen LogP contribution in [0.1, 0.15) is 5.56 Å². The van der Waals surface area contributed by atoms with E-state index < -0.39 is 17.5 Å². The van der Waals surface area contributed by atoms with Crippen LogP contribution in [-0.2, 0) is 25.5 Å². The number of carbonyl (C=O) groups is 3. The Kier molecular flexibility index (Phi) is 3.65. The van der Waals surface area contributed by atoms with Gasteiger partial charge in [-0.3, -0.25) is 14.4 Å². The first-order chi connectivity index (χ1) is 9.45. The monoisotopic (exact) mass is 272 g/mol. The van der Waals surface area contributed by atoms with Gasteiger partial charge in [0.15, 0.2) is 11.5 Å². The Bertz CT molecular complexity index is 659. The molecule has 0 atom stereocenters. The van der Waals surface area contributed by atoms with E-state index in [0.29, 0.717) is 16.9 Å². The molecule has 4 N–H and O–H groups in total. The van der Waals surface area contributed by atoms with Gasteiger partial charge in [0, 0.05) is 17.5 Å². The van der Waals surface area contributed by atoms with Gasteiger partial charge in [-0.15, -0.1) is 0 Å². The van der Waals surface area contributed by atoms with Crippen molar-refractivity contribution in [3.63, 3.8) is 0 Å². The van der Waals surface area contributed by atoms with Crippen LogP contribution >= 0.6 is 0 Å². The summed E-state index contributed by atoms with van der Waals surface area (Å²) in [6.07, 6.45) is 3.03. The Hall–Kier alpha value is -2.89. The van der Waals surface area contributed by atoms with Gasteiger partial charge in [0.25, 0.3) is 0 Å². The van der Waals surface area contributed by atoms with Crippen LogP contribution in [0.2, 0.25) is 0 Å². The molecule has 1 aliphatic rings. The van der Waals surface area contributed by atoms with Crippen molar-refractivity contribution in [1.82, 2.24) is 0 Å². The summed E-state index contributed by atoms with van der Waals surface area (Å²) >= 11 is 0. The molecule has 0 heterocycles. The maximum atomic E-state index is 11.7. The summed E-state index contributed by atoms with van der Waals surface area (Å²) in [5.41, 5.74) is 12.7. The zero-order chi connectivity index (χ0) is 14.7. The predicted molar refractivity (Wildman–Crippen MR) is 72.3 cm³/mol.